The van der Waals surface area contributed by atoms with E-state index in [0.717, 1.165) is 23.3 Å². The number of benzene rings is 1. The highest BCUT2D eigenvalue weighted by Crippen LogP contribution is 2.28. The number of rotatable bonds is 5. The van der Waals surface area contributed by atoms with Gasteiger partial charge in [-0.3, -0.25) is 9.59 Å². The molecule has 0 saturated carbocycles. The molecule has 1 N–H and O–H groups in total. The monoisotopic (exact) mass is 397 g/mol. The first-order valence-electron chi connectivity index (χ1n) is 7.29. The number of fused-ring (bicyclic) bond motifs is 1. The van der Waals surface area contributed by atoms with E-state index < -0.39 is 9.84 Å². The van der Waals surface area contributed by atoms with Crippen molar-refractivity contribution in [3.05, 3.63) is 38.9 Å². The number of amides is 1. The Balaban J connectivity index is 1.72. The number of aromatic nitrogens is 2. The fourth-order valence-electron chi connectivity index (χ4n) is 2.26. The van der Waals surface area contributed by atoms with Crippen molar-refractivity contribution in [3.8, 4) is 0 Å². The molecule has 0 saturated heterocycles. The predicted octanol–water partition coefficient (Wildman–Crippen LogP) is 2.26. The summed E-state index contributed by atoms with van der Waals surface area (Å²) in [6, 6.07) is 4.66. The van der Waals surface area contributed by atoms with Crippen LogP contribution in [0, 0.1) is 6.92 Å². The van der Waals surface area contributed by atoms with E-state index in [9.17, 15) is 18.0 Å². The molecule has 10 heteroatoms. The Morgan fingerprint density at radius 2 is 2.12 bits per heavy atom. The summed E-state index contributed by atoms with van der Waals surface area (Å²) < 4.78 is 25.4. The van der Waals surface area contributed by atoms with Crippen molar-refractivity contribution in [2.75, 3.05) is 11.6 Å². The number of sulfone groups is 1. The van der Waals surface area contributed by atoms with Gasteiger partial charge in [0.1, 0.15) is 0 Å². The maximum atomic E-state index is 12.1. The number of thiazole rings is 2. The number of aryl methyl sites for hydroxylation is 1. The summed E-state index contributed by atoms with van der Waals surface area (Å²) in [5.41, 5.74) is 1.45. The van der Waals surface area contributed by atoms with Crippen molar-refractivity contribution in [3.63, 3.8) is 0 Å². The molecule has 2 aromatic heterocycles. The molecule has 3 rings (SSSR count). The summed E-state index contributed by atoms with van der Waals surface area (Å²) in [5, 5.41) is 4.86. The summed E-state index contributed by atoms with van der Waals surface area (Å²) in [6.45, 7) is 2.13. The first-order chi connectivity index (χ1) is 11.7. The van der Waals surface area contributed by atoms with Gasteiger partial charge in [0, 0.05) is 30.3 Å². The van der Waals surface area contributed by atoms with E-state index in [1.54, 1.807) is 22.1 Å². The number of anilines is 1. The Labute approximate surface area is 151 Å². The lowest BCUT2D eigenvalue weighted by atomic mass is 10.3. The van der Waals surface area contributed by atoms with Crippen molar-refractivity contribution in [1.29, 1.82) is 0 Å². The minimum absolute atomic E-state index is 0.0846. The van der Waals surface area contributed by atoms with Gasteiger partial charge in [0.05, 0.1) is 15.1 Å². The number of hydrogen-bond donors (Lipinski definition) is 1. The standard InChI is InChI=1S/C15H15N3O4S3/c1-9-8-23-15(20)18(9)6-5-13(19)17-14-16-11-4-3-10(25(2,21)22)7-12(11)24-14/h3-4,7-8H,5-6H2,1-2H3,(H,16,17,19). The number of carbonyl (C=O) groups is 1. The van der Waals surface area contributed by atoms with Gasteiger partial charge < -0.3 is 9.88 Å². The molecule has 1 aromatic carbocycles. The van der Waals surface area contributed by atoms with Crippen LogP contribution < -0.4 is 10.2 Å². The van der Waals surface area contributed by atoms with Gasteiger partial charge in [0.2, 0.25) is 5.91 Å². The van der Waals surface area contributed by atoms with Crippen LogP contribution in [-0.4, -0.2) is 30.1 Å². The van der Waals surface area contributed by atoms with Gasteiger partial charge in [-0.1, -0.05) is 22.7 Å². The molecule has 3 aromatic rings. The van der Waals surface area contributed by atoms with Gasteiger partial charge in [0.15, 0.2) is 15.0 Å². The lowest BCUT2D eigenvalue weighted by molar-refractivity contribution is -0.116. The molecule has 0 bridgehead atoms. The molecule has 0 unspecified atom stereocenters. The molecule has 132 valence electrons. The zero-order valence-electron chi connectivity index (χ0n) is 13.5. The van der Waals surface area contributed by atoms with Crippen LogP contribution in [0.4, 0.5) is 5.13 Å². The summed E-state index contributed by atoms with van der Waals surface area (Å²) in [4.78, 5) is 28.1. The molecular formula is C15H15N3O4S3. The van der Waals surface area contributed by atoms with E-state index in [0.29, 0.717) is 21.9 Å². The molecule has 0 fully saturated rings. The molecule has 2 heterocycles. The molecule has 0 aliphatic rings. The maximum Gasteiger partial charge on any atom is 0.307 e. The molecule has 25 heavy (non-hydrogen) atoms. The predicted molar refractivity (Wildman–Crippen MR) is 99.3 cm³/mol. The van der Waals surface area contributed by atoms with E-state index >= 15 is 0 Å². The Bertz CT molecular complexity index is 1110. The molecule has 0 radical (unpaired) electrons. The normalized spacial score (nSPS) is 11.8. The van der Waals surface area contributed by atoms with E-state index in [4.69, 9.17) is 0 Å². The van der Waals surface area contributed by atoms with Gasteiger partial charge in [-0.25, -0.2) is 13.4 Å². The molecule has 0 atom stereocenters. The average molecular weight is 398 g/mol. The molecule has 1 amide bonds. The highest BCUT2D eigenvalue weighted by Gasteiger charge is 2.13. The summed E-state index contributed by atoms with van der Waals surface area (Å²) >= 11 is 2.32. The second-order valence-corrected chi connectivity index (χ2v) is 9.38. The van der Waals surface area contributed by atoms with Gasteiger partial charge in [-0.2, -0.15) is 0 Å². The van der Waals surface area contributed by atoms with Crippen LogP contribution in [-0.2, 0) is 21.2 Å². The second-order valence-electron chi connectivity index (χ2n) is 5.51. The van der Waals surface area contributed by atoms with Crippen LogP contribution in [0.3, 0.4) is 0 Å². The van der Waals surface area contributed by atoms with Gasteiger partial charge in [-0.15, -0.1) is 0 Å². The molecule has 0 aliphatic carbocycles. The Morgan fingerprint density at radius 1 is 1.36 bits per heavy atom. The Kier molecular flexibility index (Phi) is 4.76. The van der Waals surface area contributed by atoms with Crippen LogP contribution in [0.2, 0.25) is 0 Å². The third-order valence-corrected chi connectivity index (χ3v) is 6.50. The van der Waals surface area contributed by atoms with Gasteiger partial charge in [0.25, 0.3) is 0 Å². The zero-order chi connectivity index (χ0) is 18.2. The third-order valence-electron chi connectivity index (χ3n) is 3.57. The van der Waals surface area contributed by atoms with Crippen molar-refractivity contribution in [1.82, 2.24) is 9.55 Å². The summed E-state index contributed by atoms with van der Waals surface area (Å²) in [5.74, 6) is -0.250. The summed E-state index contributed by atoms with van der Waals surface area (Å²) in [7, 11) is -3.29. The van der Waals surface area contributed by atoms with Gasteiger partial charge >= 0.3 is 4.87 Å². The van der Waals surface area contributed by atoms with Crippen molar-refractivity contribution < 1.29 is 13.2 Å². The van der Waals surface area contributed by atoms with E-state index in [2.05, 4.69) is 10.3 Å². The molecule has 0 aliphatic heterocycles. The fourth-order valence-corrected chi connectivity index (χ4v) is 4.66. The first kappa shape index (κ1) is 17.8. The lowest BCUT2D eigenvalue weighted by Crippen LogP contribution is -2.20. The minimum Gasteiger partial charge on any atom is -0.303 e. The smallest absolute Gasteiger partial charge is 0.303 e. The SMILES string of the molecule is Cc1csc(=O)n1CCC(=O)Nc1nc2ccc(S(C)(=O)=O)cc2s1. The van der Waals surface area contributed by atoms with Crippen molar-refractivity contribution in [2.24, 2.45) is 0 Å². The van der Waals surface area contributed by atoms with Crippen LogP contribution >= 0.6 is 22.7 Å². The number of nitrogens with one attached hydrogen (secondary N) is 1. The van der Waals surface area contributed by atoms with E-state index in [1.165, 1.54) is 17.4 Å². The van der Waals surface area contributed by atoms with Crippen molar-refractivity contribution >= 4 is 53.8 Å². The highest BCUT2D eigenvalue weighted by atomic mass is 32.2. The quantitative estimate of drug-likeness (QED) is 0.712. The number of hydrogen-bond acceptors (Lipinski definition) is 7. The largest absolute Gasteiger partial charge is 0.307 e. The van der Waals surface area contributed by atoms with Crippen LogP contribution in [0.1, 0.15) is 12.1 Å². The first-order valence-corrected chi connectivity index (χ1v) is 10.9. The summed E-state index contributed by atoms with van der Waals surface area (Å²) in [6.07, 6.45) is 1.30. The fraction of sp³-hybridized carbons (Fsp3) is 0.267. The highest BCUT2D eigenvalue weighted by molar-refractivity contribution is 7.90. The van der Waals surface area contributed by atoms with E-state index in [1.807, 2.05) is 6.92 Å². The Morgan fingerprint density at radius 3 is 2.76 bits per heavy atom. The average Bonchev–Trinajstić information content (AvgIpc) is 3.06. The zero-order valence-corrected chi connectivity index (χ0v) is 15.9. The molecule has 0 spiro atoms. The van der Waals surface area contributed by atoms with Gasteiger partial charge in [-0.05, 0) is 25.1 Å². The van der Waals surface area contributed by atoms with Crippen molar-refractivity contribution in [2.45, 2.75) is 24.8 Å². The van der Waals surface area contributed by atoms with E-state index in [-0.39, 0.29) is 22.1 Å². The second kappa shape index (κ2) is 6.70. The third kappa shape index (κ3) is 3.97. The molecular weight excluding hydrogens is 382 g/mol. The van der Waals surface area contributed by atoms with Crippen LogP contribution in [0.5, 0.6) is 0 Å². The molecule has 7 nitrogen and oxygen atoms in total. The van der Waals surface area contributed by atoms with Crippen LogP contribution in [0.15, 0.2) is 33.3 Å². The maximum absolute atomic E-state index is 12.1. The Hall–Kier alpha value is -2.04. The number of nitrogens with zero attached hydrogens (tertiary/aromatic N) is 2. The lowest BCUT2D eigenvalue weighted by Gasteiger charge is -2.04. The topological polar surface area (TPSA) is 98.1 Å². The number of carbonyl (C=O) groups excluding carboxylic acids is 1. The minimum atomic E-state index is -3.29. The van der Waals surface area contributed by atoms with Crippen LogP contribution in [0.25, 0.3) is 10.2 Å².